The number of aromatic nitrogens is 3. The van der Waals surface area contributed by atoms with Crippen LogP contribution in [0.25, 0.3) is 22.8 Å². The Labute approximate surface area is 148 Å². The van der Waals surface area contributed by atoms with Gasteiger partial charge in [0.25, 0.3) is 0 Å². The van der Waals surface area contributed by atoms with Gasteiger partial charge in [0, 0.05) is 15.4 Å². The first-order valence-corrected chi connectivity index (χ1v) is 8.79. The zero-order valence-corrected chi connectivity index (χ0v) is 14.0. The van der Waals surface area contributed by atoms with Gasteiger partial charge < -0.3 is 0 Å². The minimum atomic E-state index is -0.161. The number of fused-ring (bicyclic) bond motifs is 5. The Morgan fingerprint density at radius 1 is 0.760 bits per heavy atom. The molecule has 120 valence electrons. The van der Waals surface area contributed by atoms with E-state index in [2.05, 4.69) is 11.2 Å². The normalized spacial score (nSPS) is 12.0. The summed E-state index contributed by atoms with van der Waals surface area (Å²) in [6, 6.07) is 25.5. The Morgan fingerprint density at radius 2 is 1.44 bits per heavy atom. The third kappa shape index (κ3) is 2.16. The molecule has 0 bridgehead atoms. The van der Waals surface area contributed by atoms with Crippen LogP contribution in [0, 0.1) is 0 Å². The average molecular weight is 343 g/mol. The molecular formula is C20H13N3OS. The number of rotatable bonds is 1. The Hall–Kier alpha value is -3.05. The van der Waals surface area contributed by atoms with Crippen LogP contribution in [0.5, 0.6) is 0 Å². The van der Waals surface area contributed by atoms with Crippen LogP contribution in [0.4, 0.5) is 0 Å². The van der Waals surface area contributed by atoms with Gasteiger partial charge in [-0.3, -0.25) is 0 Å². The van der Waals surface area contributed by atoms with Gasteiger partial charge in [0.05, 0.1) is 11.4 Å². The van der Waals surface area contributed by atoms with E-state index in [1.807, 2.05) is 72.8 Å². The molecule has 0 spiro atoms. The summed E-state index contributed by atoms with van der Waals surface area (Å²) in [6.07, 6.45) is 0. The fourth-order valence-corrected chi connectivity index (χ4v) is 4.15. The zero-order chi connectivity index (χ0) is 16.8. The van der Waals surface area contributed by atoms with Crippen molar-refractivity contribution in [2.45, 2.75) is 9.79 Å². The van der Waals surface area contributed by atoms with Gasteiger partial charge in [0.1, 0.15) is 0 Å². The Balaban J connectivity index is 1.89. The molecule has 5 rings (SSSR count). The Bertz CT molecular complexity index is 1150. The first-order valence-electron chi connectivity index (χ1n) is 7.97. The second-order valence-electron chi connectivity index (χ2n) is 5.75. The van der Waals surface area contributed by atoms with Gasteiger partial charge in [0.2, 0.25) is 0 Å². The van der Waals surface area contributed by atoms with Crippen LogP contribution in [-0.2, 0) is 0 Å². The highest BCUT2D eigenvalue weighted by atomic mass is 32.2. The molecule has 0 saturated heterocycles. The van der Waals surface area contributed by atoms with Crippen LogP contribution in [0.1, 0.15) is 0 Å². The van der Waals surface area contributed by atoms with Gasteiger partial charge in [-0.2, -0.15) is 4.68 Å². The molecule has 4 aromatic rings. The maximum Gasteiger partial charge on any atom is 0.355 e. The van der Waals surface area contributed by atoms with E-state index < -0.39 is 0 Å². The molecule has 0 unspecified atom stereocenters. The van der Waals surface area contributed by atoms with Crippen LogP contribution in [0.15, 0.2) is 93.4 Å². The largest absolute Gasteiger partial charge is 0.355 e. The van der Waals surface area contributed by atoms with E-state index in [-0.39, 0.29) is 5.69 Å². The molecule has 1 aliphatic rings. The minimum Gasteiger partial charge on any atom is -0.245 e. The van der Waals surface area contributed by atoms with Crippen LogP contribution >= 0.6 is 11.8 Å². The number of para-hydroxylation sites is 2. The third-order valence-electron chi connectivity index (χ3n) is 4.23. The highest BCUT2D eigenvalue weighted by molar-refractivity contribution is 7.99. The number of benzene rings is 3. The van der Waals surface area contributed by atoms with Gasteiger partial charge >= 0.3 is 5.69 Å². The van der Waals surface area contributed by atoms with Crippen molar-refractivity contribution >= 4 is 11.8 Å². The second kappa shape index (κ2) is 5.50. The van der Waals surface area contributed by atoms with Crippen LogP contribution in [0.2, 0.25) is 0 Å². The highest BCUT2D eigenvalue weighted by Crippen LogP contribution is 2.41. The molecule has 0 radical (unpaired) electrons. The monoisotopic (exact) mass is 343 g/mol. The van der Waals surface area contributed by atoms with E-state index in [1.165, 1.54) is 4.68 Å². The SMILES string of the molecule is O=c1n(-c2ccccc2)nc2n1-c1ccccc1Sc1ccccc1-2. The lowest BCUT2D eigenvalue weighted by Gasteiger charge is -2.06. The number of hydrogen-bond acceptors (Lipinski definition) is 3. The minimum absolute atomic E-state index is 0.161. The smallest absolute Gasteiger partial charge is 0.245 e. The maximum absolute atomic E-state index is 13.2. The molecule has 5 heteroatoms. The topological polar surface area (TPSA) is 39.8 Å². The van der Waals surface area contributed by atoms with Crippen molar-refractivity contribution in [2.24, 2.45) is 0 Å². The quantitative estimate of drug-likeness (QED) is 0.459. The average Bonchev–Trinajstić information content (AvgIpc) is 2.93. The molecule has 0 N–H and O–H groups in total. The maximum atomic E-state index is 13.2. The van der Waals surface area contributed by atoms with E-state index in [9.17, 15) is 4.79 Å². The van der Waals surface area contributed by atoms with E-state index in [1.54, 1.807) is 16.3 Å². The van der Waals surface area contributed by atoms with Crippen LogP contribution in [0.3, 0.4) is 0 Å². The summed E-state index contributed by atoms with van der Waals surface area (Å²) in [5, 5.41) is 4.67. The molecule has 25 heavy (non-hydrogen) atoms. The van der Waals surface area contributed by atoms with Crippen molar-refractivity contribution in [3.8, 4) is 22.8 Å². The lowest BCUT2D eigenvalue weighted by molar-refractivity contribution is 0.827. The second-order valence-corrected chi connectivity index (χ2v) is 6.84. The van der Waals surface area contributed by atoms with Crippen LogP contribution in [-0.4, -0.2) is 14.3 Å². The molecule has 0 saturated carbocycles. The Morgan fingerprint density at radius 3 is 2.28 bits per heavy atom. The third-order valence-corrected chi connectivity index (χ3v) is 5.37. The predicted molar refractivity (Wildman–Crippen MR) is 98.7 cm³/mol. The van der Waals surface area contributed by atoms with Crippen molar-refractivity contribution in [3.63, 3.8) is 0 Å². The lowest BCUT2D eigenvalue weighted by Crippen LogP contribution is -2.23. The van der Waals surface area contributed by atoms with Crippen molar-refractivity contribution in [1.82, 2.24) is 14.3 Å². The number of hydrogen-bond donors (Lipinski definition) is 0. The van der Waals surface area contributed by atoms with Crippen LogP contribution < -0.4 is 5.69 Å². The van der Waals surface area contributed by atoms with E-state index >= 15 is 0 Å². The summed E-state index contributed by atoms with van der Waals surface area (Å²) in [5.41, 5.74) is 2.43. The molecule has 1 aliphatic heterocycles. The van der Waals surface area contributed by atoms with Gasteiger partial charge in [0.15, 0.2) is 5.82 Å². The van der Waals surface area contributed by atoms with E-state index in [0.29, 0.717) is 5.82 Å². The van der Waals surface area contributed by atoms with Gasteiger partial charge in [-0.1, -0.05) is 60.3 Å². The number of nitrogens with zero attached hydrogens (tertiary/aromatic N) is 3. The summed E-state index contributed by atoms with van der Waals surface area (Å²) in [7, 11) is 0. The van der Waals surface area contributed by atoms with Gasteiger partial charge in [-0.05, 0) is 30.3 Å². The van der Waals surface area contributed by atoms with Gasteiger partial charge in [-0.25, -0.2) is 9.36 Å². The summed E-state index contributed by atoms with van der Waals surface area (Å²) in [4.78, 5) is 15.3. The predicted octanol–water partition coefficient (Wildman–Crippen LogP) is 4.15. The molecule has 0 amide bonds. The Kier molecular flexibility index (Phi) is 3.15. The first kappa shape index (κ1) is 14.3. The van der Waals surface area contributed by atoms with Crippen molar-refractivity contribution in [1.29, 1.82) is 0 Å². The zero-order valence-electron chi connectivity index (χ0n) is 13.2. The van der Waals surface area contributed by atoms with Crippen molar-refractivity contribution in [3.05, 3.63) is 89.3 Å². The molecule has 3 aromatic carbocycles. The molecular weight excluding hydrogens is 330 g/mol. The molecule has 0 fully saturated rings. The fourth-order valence-electron chi connectivity index (χ4n) is 3.08. The molecule has 2 heterocycles. The summed E-state index contributed by atoms with van der Waals surface area (Å²) in [6.45, 7) is 0. The van der Waals surface area contributed by atoms with E-state index in [4.69, 9.17) is 0 Å². The molecule has 0 atom stereocenters. The first-order chi connectivity index (χ1) is 12.3. The van der Waals surface area contributed by atoms with Crippen molar-refractivity contribution in [2.75, 3.05) is 0 Å². The lowest BCUT2D eigenvalue weighted by atomic mass is 10.2. The summed E-state index contributed by atoms with van der Waals surface area (Å²) >= 11 is 1.67. The fraction of sp³-hybridized carbons (Fsp3) is 0. The van der Waals surface area contributed by atoms with E-state index in [0.717, 1.165) is 26.7 Å². The highest BCUT2D eigenvalue weighted by Gasteiger charge is 2.25. The molecule has 0 aliphatic carbocycles. The standard InChI is InChI=1S/C20H13N3OS/c24-20-22-16-11-5-7-13-18(16)25-17-12-6-4-10-15(17)19(22)21-23(20)14-8-2-1-3-9-14/h1-13H. The summed E-state index contributed by atoms with van der Waals surface area (Å²) < 4.78 is 3.18. The molecule has 4 nitrogen and oxygen atoms in total. The van der Waals surface area contributed by atoms with Gasteiger partial charge in [-0.15, -0.1) is 5.10 Å². The van der Waals surface area contributed by atoms with Crippen molar-refractivity contribution < 1.29 is 0 Å². The summed E-state index contributed by atoms with van der Waals surface area (Å²) in [5.74, 6) is 0.668. The molecule has 1 aromatic heterocycles.